The van der Waals surface area contributed by atoms with E-state index in [9.17, 15) is 9.59 Å². The summed E-state index contributed by atoms with van der Waals surface area (Å²) in [5, 5.41) is 5.34. The van der Waals surface area contributed by atoms with Gasteiger partial charge in [-0.05, 0) is 38.1 Å². The molecule has 0 saturated heterocycles. The van der Waals surface area contributed by atoms with Crippen molar-refractivity contribution in [3.8, 4) is 0 Å². The fraction of sp³-hybridized carbons (Fsp3) is 0.385. The van der Waals surface area contributed by atoms with Gasteiger partial charge in [0.1, 0.15) is 0 Å². The lowest BCUT2D eigenvalue weighted by Crippen LogP contribution is -2.43. The Kier molecular flexibility index (Phi) is 4.90. The monoisotopic (exact) mass is 312 g/mol. The number of hydrogen-bond acceptors (Lipinski definition) is 2. The van der Waals surface area contributed by atoms with Crippen molar-refractivity contribution in [1.82, 2.24) is 10.6 Å². The van der Waals surface area contributed by atoms with E-state index in [0.717, 1.165) is 4.47 Å². The highest BCUT2D eigenvalue weighted by Gasteiger charge is 2.27. The SMILES string of the molecule is CNC(=O)C(C)(C)CNC(=O)c1ccc(Br)cc1. The van der Waals surface area contributed by atoms with Crippen molar-refractivity contribution in [2.75, 3.05) is 13.6 Å². The van der Waals surface area contributed by atoms with Crippen LogP contribution < -0.4 is 10.6 Å². The quantitative estimate of drug-likeness (QED) is 0.893. The highest BCUT2D eigenvalue weighted by atomic mass is 79.9. The molecule has 0 bridgehead atoms. The van der Waals surface area contributed by atoms with Crippen molar-refractivity contribution in [3.05, 3.63) is 34.3 Å². The molecule has 2 N–H and O–H groups in total. The Balaban J connectivity index is 2.61. The molecule has 5 heteroatoms. The fourth-order valence-electron chi connectivity index (χ4n) is 1.42. The zero-order valence-electron chi connectivity index (χ0n) is 10.7. The van der Waals surface area contributed by atoms with Gasteiger partial charge in [-0.3, -0.25) is 9.59 Å². The van der Waals surface area contributed by atoms with Crippen LogP contribution in [0.2, 0.25) is 0 Å². The van der Waals surface area contributed by atoms with E-state index in [-0.39, 0.29) is 11.8 Å². The van der Waals surface area contributed by atoms with Gasteiger partial charge in [0.05, 0.1) is 5.41 Å². The molecule has 0 saturated carbocycles. The molecule has 0 fully saturated rings. The van der Waals surface area contributed by atoms with Crippen LogP contribution in [0.4, 0.5) is 0 Å². The van der Waals surface area contributed by atoms with E-state index in [4.69, 9.17) is 0 Å². The van der Waals surface area contributed by atoms with E-state index in [1.54, 1.807) is 45.2 Å². The van der Waals surface area contributed by atoms with Gasteiger partial charge in [-0.2, -0.15) is 0 Å². The number of amides is 2. The second kappa shape index (κ2) is 6.00. The zero-order valence-corrected chi connectivity index (χ0v) is 12.3. The van der Waals surface area contributed by atoms with Gasteiger partial charge < -0.3 is 10.6 Å². The molecule has 1 aromatic rings. The lowest BCUT2D eigenvalue weighted by Gasteiger charge is -2.22. The summed E-state index contributed by atoms with van der Waals surface area (Å²) in [6.07, 6.45) is 0. The molecule has 0 aliphatic carbocycles. The van der Waals surface area contributed by atoms with Crippen LogP contribution in [0.3, 0.4) is 0 Å². The fourth-order valence-corrected chi connectivity index (χ4v) is 1.69. The Bertz CT molecular complexity index is 441. The van der Waals surface area contributed by atoms with Crippen LogP contribution in [-0.4, -0.2) is 25.4 Å². The maximum Gasteiger partial charge on any atom is 0.251 e. The molecule has 4 nitrogen and oxygen atoms in total. The van der Waals surface area contributed by atoms with Crippen LogP contribution in [0, 0.1) is 5.41 Å². The first kappa shape index (κ1) is 14.7. The minimum atomic E-state index is -0.625. The van der Waals surface area contributed by atoms with Crippen LogP contribution >= 0.6 is 15.9 Å². The molecule has 0 aliphatic heterocycles. The van der Waals surface area contributed by atoms with Crippen molar-refractivity contribution >= 4 is 27.7 Å². The molecule has 0 aromatic heterocycles. The third-order valence-corrected chi connectivity index (χ3v) is 3.17. The summed E-state index contributed by atoms with van der Waals surface area (Å²) in [5.74, 6) is -0.280. The van der Waals surface area contributed by atoms with Crippen molar-refractivity contribution in [1.29, 1.82) is 0 Å². The van der Waals surface area contributed by atoms with Crippen LogP contribution in [0.1, 0.15) is 24.2 Å². The van der Waals surface area contributed by atoms with E-state index in [0.29, 0.717) is 12.1 Å². The summed E-state index contributed by atoms with van der Waals surface area (Å²) in [5.41, 5.74) is -0.0503. The van der Waals surface area contributed by atoms with Gasteiger partial charge >= 0.3 is 0 Å². The van der Waals surface area contributed by atoms with Gasteiger partial charge in [-0.25, -0.2) is 0 Å². The minimum Gasteiger partial charge on any atom is -0.359 e. The molecule has 0 aliphatic rings. The molecule has 2 amide bonds. The van der Waals surface area contributed by atoms with Gasteiger partial charge in [0.2, 0.25) is 5.91 Å². The van der Waals surface area contributed by atoms with E-state index in [2.05, 4.69) is 26.6 Å². The third-order valence-electron chi connectivity index (χ3n) is 2.64. The first-order valence-electron chi connectivity index (χ1n) is 5.63. The van der Waals surface area contributed by atoms with E-state index < -0.39 is 5.41 Å². The number of nitrogens with one attached hydrogen (secondary N) is 2. The molecule has 0 radical (unpaired) electrons. The molecular weight excluding hydrogens is 296 g/mol. The summed E-state index contributed by atoms with van der Waals surface area (Å²) < 4.78 is 0.921. The largest absolute Gasteiger partial charge is 0.359 e. The Morgan fingerprint density at radius 2 is 1.78 bits per heavy atom. The summed E-state index contributed by atoms with van der Waals surface area (Å²) in [6, 6.07) is 7.07. The molecule has 0 heterocycles. The van der Waals surface area contributed by atoms with Crippen molar-refractivity contribution in [2.24, 2.45) is 5.41 Å². The summed E-state index contributed by atoms with van der Waals surface area (Å²) in [4.78, 5) is 23.4. The van der Waals surface area contributed by atoms with Gasteiger partial charge in [0.25, 0.3) is 5.91 Å². The normalized spacial score (nSPS) is 10.9. The Morgan fingerprint density at radius 1 is 1.22 bits per heavy atom. The molecule has 98 valence electrons. The molecule has 0 unspecified atom stereocenters. The Morgan fingerprint density at radius 3 is 2.28 bits per heavy atom. The summed E-state index contributed by atoms with van der Waals surface area (Å²) in [6.45, 7) is 3.86. The summed E-state index contributed by atoms with van der Waals surface area (Å²) in [7, 11) is 1.58. The van der Waals surface area contributed by atoms with E-state index in [1.165, 1.54) is 0 Å². The standard InChI is InChI=1S/C13H17BrN2O2/c1-13(2,12(18)15-3)8-16-11(17)9-4-6-10(14)7-5-9/h4-7H,8H2,1-3H3,(H,15,18)(H,16,17). The zero-order chi connectivity index (χ0) is 13.8. The van der Waals surface area contributed by atoms with Crippen LogP contribution in [-0.2, 0) is 4.79 Å². The van der Waals surface area contributed by atoms with Gasteiger partial charge in [0, 0.05) is 23.6 Å². The molecule has 0 spiro atoms. The van der Waals surface area contributed by atoms with Gasteiger partial charge in [-0.15, -0.1) is 0 Å². The highest BCUT2D eigenvalue weighted by Crippen LogP contribution is 2.14. The number of halogens is 1. The highest BCUT2D eigenvalue weighted by molar-refractivity contribution is 9.10. The van der Waals surface area contributed by atoms with E-state index >= 15 is 0 Å². The molecule has 1 rings (SSSR count). The minimum absolute atomic E-state index is 0.0985. The second-order valence-corrected chi connectivity index (χ2v) is 5.57. The first-order chi connectivity index (χ1) is 8.36. The number of benzene rings is 1. The van der Waals surface area contributed by atoms with Crippen LogP contribution in [0.5, 0.6) is 0 Å². The lowest BCUT2D eigenvalue weighted by atomic mass is 9.92. The third kappa shape index (κ3) is 3.84. The van der Waals surface area contributed by atoms with Gasteiger partial charge in [-0.1, -0.05) is 15.9 Å². The molecule has 1 aromatic carbocycles. The Labute approximate surface area is 115 Å². The maximum absolute atomic E-state index is 11.9. The number of hydrogen-bond donors (Lipinski definition) is 2. The lowest BCUT2D eigenvalue weighted by molar-refractivity contribution is -0.128. The molecular formula is C13H17BrN2O2. The molecule has 0 atom stereocenters. The topological polar surface area (TPSA) is 58.2 Å². The van der Waals surface area contributed by atoms with Crippen molar-refractivity contribution in [3.63, 3.8) is 0 Å². The van der Waals surface area contributed by atoms with Crippen LogP contribution in [0.15, 0.2) is 28.7 Å². The Hall–Kier alpha value is -1.36. The summed E-state index contributed by atoms with van der Waals surface area (Å²) >= 11 is 3.31. The predicted molar refractivity (Wildman–Crippen MR) is 74.3 cm³/mol. The number of carbonyl (C=O) groups excluding carboxylic acids is 2. The average molecular weight is 313 g/mol. The second-order valence-electron chi connectivity index (χ2n) is 4.65. The maximum atomic E-state index is 11.9. The first-order valence-corrected chi connectivity index (χ1v) is 6.42. The predicted octanol–water partition coefficient (Wildman–Crippen LogP) is 1.95. The van der Waals surface area contributed by atoms with Crippen molar-refractivity contribution < 1.29 is 9.59 Å². The van der Waals surface area contributed by atoms with E-state index in [1.807, 2.05) is 0 Å². The smallest absolute Gasteiger partial charge is 0.251 e. The average Bonchev–Trinajstić information content (AvgIpc) is 2.35. The number of carbonyl (C=O) groups is 2. The number of rotatable bonds is 4. The van der Waals surface area contributed by atoms with Crippen molar-refractivity contribution in [2.45, 2.75) is 13.8 Å². The van der Waals surface area contributed by atoms with Crippen LogP contribution in [0.25, 0.3) is 0 Å². The van der Waals surface area contributed by atoms with Gasteiger partial charge in [0.15, 0.2) is 0 Å². The molecule has 18 heavy (non-hydrogen) atoms.